The van der Waals surface area contributed by atoms with Gasteiger partial charge >= 0.3 is 12.1 Å². The monoisotopic (exact) mass is 313 g/mol. The lowest BCUT2D eigenvalue weighted by atomic mass is 9.96. The van der Waals surface area contributed by atoms with Gasteiger partial charge in [-0.2, -0.15) is 17.5 Å². The first-order valence-corrected chi connectivity index (χ1v) is 6.90. The second-order valence-corrected chi connectivity index (χ2v) is 6.31. The average Bonchev–Trinajstić information content (AvgIpc) is 2.98. The third-order valence-electron chi connectivity index (χ3n) is 3.16. The molecule has 0 saturated carbocycles. The number of carboxylic acids is 1. The van der Waals surface area contributed by atoms with Crippen LogP contribution in [0.2, 0.25) is 0 Å². The molecule has 112 valence electrons. The molecular weight excluding hydrogens is 303 g/mol. The molecule has 1 aliphatic heterocycles. The molecule has 6 nitrogen and oxygen atoms in total. The van der Waals surface area contributed by atoms with Crippen LogP contribution in [0.1, 0.15) is 0 Å². The molecule has 2 atom stereocenters. The van der Waals surface area contributed by atoms with Gasteiger partial charge in [-0.3, -0.25) is 4.79 Å². The lowest BCUT2D eigenvalue weighted by Gasteiger charge is -2.18. The second kappa shape index (κ2) is 4.77. The molecule has 0 amide bonds. The van der Waals surface area contributed by atoms with Gasteiger partial charge in [-0.05, 0) is 6.07 Å². The number of furan rings is 1. The van der Waals surface area contributed by atoms with Gasteiger partial charge in [0.1, 0.15) is 11.2 Å². The van der Waals surface area contributed by atoms with Crippen LogP contribution in [0.4, 0.5) is 13.2 Å². The lowest BCUT2D eigenvalue weighted by molar-refractivity contribution is -0.187. The van der Waals surface area contributed by atoms with Crippen molar-refractivity contribution < 1.29 is 35.9 Å². The van der Waals surface area contributed by atoms with E-state index < -0.39 is 47.1 Å². The summed E-state index contributed by atoms with van der Waals surface area (Å²) in [7, 11) is -4.18. The molecule has 0 aromatic carbocycles. The van der Waals surface area contributed by atoms with E-state index in [-0.39, 0.29) is 4.90 Å². The number of carbonyl (C=O) groups is 1. The summed E-state index contributed by atoms with van der Waals surface area (Å²) in [5.41, 5.74) is 0. The van der Waals surface area contributed by atoms with Crippen LogP contribution >= 0.6 is 0 Å². The van der Waals surface area contributed by atoms with Crippen molar-refractivity contribution in [1.82, 2.24) is 4.31 Å². The number of aliphatic carboxylic acids is 1. The highest BCUT2D eigenvalue weighted by molar-refractivity contribution is 7.89. The number of nitrogens with zero attached hydrogens (tertiary/aromatic N) is 1. The summed E-state index contributed by atoms with van der Waals surface area (Å²) in [5, 5.41) is 8.82. The molecule has 10 heteroatoms. The van der Waals surface area contributed by atoms with Crippen molar-refractivity contribution in [1.29, 1.82) is 0 Å². The minimum atomic E-state index is -4.77. The van der Waals surface area contributed by atoms with Crippen molar-refractivity contribution in [2.45, 2.75) is 11.1 Å². The van der Waals surface area contributed by atoms with Crippen LogP contribution < -0.4 is 0 Å². The number of rotatable bonds is 3. The van der Waals surface area contributed by atoms with Crippen LogP contribution in [0.25, 0.3) is 0 Å². The maximum Gasteiger partial charge on any atom is 0.393 e. The smallest absolute Gasteiger partial charge is 0.393 e. The van der Waals surface area contributed by atoms with E-state index in [4.69, 9.17) is 5.11 Å². The van der Waals surface area contributed by atoms with E-state index in [2.05, 4.69) is 4.42 Å². The normalized spacial score (nSPS) is 24.9. The Morgan fingerprint density at radius 3 is 2.45 bits per heavy atom. The van der Waals surface area contributed by atoms with Crippen molar-refractivity contribution in [3.05, 3.63) is 18.6 Å². The van der Waals surface area contributed by atoms with Gasteiger partial charge in [0.15, 0.2) is 0 Å². The molecule has 0 spiro atoms. The molecule has 2 heterocycles. The minimum Gasteiger partial charge on any atom is -0.481 e. The van der Waals surface area contributed by atoms with Gasteiger partial charge in [-0.1, -0.05) is 0 Å². The average molecular weight is 313 g/mol. The van der Waals surface area contributed by atoms with Gasteiger partial charge < -0.3 is 9.52 Å². The number of sulfonamides is 1. The highest BCUT2D eigenvalue weighted by Gasteiger charge is 2.55. The van der Waals surface area contributed by atoms with Crippen molar-refractivity contribution in [3.8, 4) is 0 Å². The third-order valence-corrected chi connectivity index (χ3v) is 4.96. The molecule has 1 aliphatic rings. The number of halogens is 3. The fraction of sp³-hybridized carbons (Fsp3) is 0.500. The highest BCUT2D eigenvalue weighted by atomic mass is 32.2. The molecule has 2 rings (SSSR count). The Hall–Kier alpha value is -1.55. The third kappa shape index (κ3) is 2.52. The molecule has 1 aromatic rings. The Labute approximate surface area is 111 Å². The van der Waals surface area contributed by atoms with E-state index in [1.807, 2.05) is 0 Å². The Kier molecular flexibility index (Phi) is 3.54. The summed E-state index contributed by atoms with van der Waals surface area (Å²) in [6.45, 7) is -1.62. The number of hydrogen-bond acceptors (Lipinski definition) is 4. The van der Waals surface area contributed by atoms with E-state index in [1.165, 1.54) is 0 Å². The van der Waals surface area contributed by atoms with Crippen LogP contribution in [0.15, 0.2) is 27.9 Å². The Morgan fingerprint density at radius 2 is 2.05 bits per heavy atom. The van der Waals surface area contributed by atoms with Crippen LogP contribution in [0.3, 0.4) is 0 Å². The first-order valence-electron chi connectivity index (χ1n) is 5.46. The Bertz CT molecular complexity index is 595. The predicted octanol–water partition coefficient (Wildman–Crippen LogP) is 1.16. The fourth-order valence-corrected chi connectivity index (χ4v) is 3.51. The van der Waals surface area contributed by atoms with Crippen LogP contribution in [-0.4, -0.2) is 43.1 Å². The lowest BCUT2D eigenvalue weighted by Crippen LogP contribution is -2.34. The fourth-order valence-electron chi connectivity index (χ4n) is 2.09. The SMILES string of the molecule is O=C(O)[C@@H]1CN(S(=O)(=O)c2ccoc2)C[C@H]1C(F)(F)F. The van der Waals surface area contributed by atoms with E-state index in [1.54, 1.807) is 0 Å². The molecule has 0 radical (unpaired) electrons. The topological polar surface area (TPSA) is 87.8 Å². The van der Waals surface area contributed by atoms with Crippen molar-refractivity contribution in [2.24, 2.45) is 11.8 Å². The highest BCUT2D eigenvalue weighted by Crippen LogP contribution is 2.39. The van der Waals surface area contributed by atoms with Gasteiger partial charge in [0.05, 0.1) is 18.1 Å². The van der Waals surface area contributed by atoms with Crippen LogP contribution in [0, 0.1) is 11.8 Å². The number of hydrogen-bond donors (Lipinski definition) is 1. The summed E-state index contributed by atoms with van der Waals surface area (Å²) in [5.74, 6) is -5.70. The van der Waals surface area contributed by atoms with E-state index in [0.29, 0.717) is 4.31 Å². The zero-order valence-corrected chi connectivity index (χ0v) is 10.7. The van der Waals surface area contributed by atoms with Crippen molar-refractivity contribution >= 4 is 16.0 Å². The molecule has 0 aliphatic carbocycles. The zero-order valence-electron chi connectivity index (χ0n) is 9.87. The van der Waals surface area contributed by atoms with E-state index in [0.717, 1.165) is 18.6 Å². The first-order chi connectivity index (χ1) is 9.14. The maximum atomic E-state index is 12.8. The standard InChI is InChI=1S/C10H10F3NO5S/c11-10(12,13)8-4-14(3-7(8)9(15)16)20(17,18)6-1-2-19-5-6/h1-2,5,7-8H,3-4H2,(H,15,16)/t7-,8-/m1/s1. The molecule has 1 saturated heterocycles. The molecular formula is C10H10F3NO5S. The summed E-state index contributed by atoms with van der Waals surface area (Å²) >= 11 is 0. The van der Waals surface area contributed by atoms with Crippen LogP contribution in [-0.2, 0) is 14.8 Å². The summed E-state index contributed by atoms with van der Waals surface area (Å²) in [6, 6.07) is 1.09. The summed E-state index contributed by atoms with van der Waals surface area (Å²) in [6.07, 6.45) is -2.82. The molecule has 1 fully saturated rings. The number of alkyl halides is 3. The van der Waals surface area contributed by atoms with Crippen molar-refractivity contribution in [3.63, 3.8) is 0 Å². The number of carboxylic acid groups (broad SMARTS) is 1. The predicted molar refractivity (Wildman–Crippen MR) is 58.1 cm³/mol. The zero-order chi connectivity index (χ0) is 15.1. The molecule has 1 N–H and O–H groups in total. The molecule has 1 aromatic heterocycles. The van der Waals surface area contributed by atoms with Gasteiger partial charge in [0, 0.05) is 13.1 Å². The first kappa shape index (κ1) is 14.9. The molecule has 0 unspecified atom stereocenters. The van der Waals surface area contributed by atoms with Crippen molar-refractivity contribution in [2.75, 3.05) is 13.1 Å². The Balaban J connectivity index is 2.31. The summed E-state index contributed by atoms with van der Waals surface area (Å²) < 4.78 is 67.5. The van der Waals surface area contributed by atoms with Gasteiger partial charge in [-0.15, -0.1) is 0 Å². The van der Waals surface area contributed by atoms with E-state index >= 15 is 0 Å². The quantitative estimate of drug-likeness (QED) is 0.905. The van der Waals surface area contributed by atoms with Gasteiger partial charge in [-0.25, -0.2) is 8.42 Å². The van der Waals surface area contributed by atoms with Gasteiger partial charge in [0.2, 0.25) is 10.0 Å². The maximum absolute atomic E-state index is 12.8. The van der Waals surface area contributed by atoms with Gasteiger partial charge in [0.25, 0.3) is 0 Å². The largest absolute Gasteiger partial charge is 0.481 e. The molecule has 0 bridgehead atoms. The summed E-state index contributed by atoms with van der Waals surface area (Å²) in [4.78, 5) is 10.6. The Morgan fingerprint density at radius 1 is 1.40 bits per heavy atom. The molecule has 20 heavy (non-hydrogen) atoms. The van der Waals surface area contributed by atoms with E-state index in [9.17, 15) is 26.4 Å². The van der Waals surface area contributed by atoms with Crippen LogP contribution in [0.5, 0.6) is 0 Å². The minimum absolute atomic E-state index is 0.301. The second-order valence-electron chi connectivity index (χ2n) is 4.37.